The lowest BCUT2D eigenvalue weighted by Gasteiger charge is -2.12. The fourth-order valence-corrected chi connectivity index (χ4v) is 1.58. The van der Waals surface area contributed by atoms with Crippen LogP contribution < -0.4 is 11.1 Å². The number of hydrogen-bond donors (Lipinski definition) is 2. The minimum absolute atomic E-state index is 0.270. The van der Waals surface area contributed by atoms with Crippen LogP contribution in [0.2, 0.25) is 0 Å². The number of nitrogens with zero attached hydrogens (tertiary/aromatic N) is 3. The van der Waals surface area contributed by atoms with Gasteiger partial charge in [-0.15, -0.1) is 15.8 Å². The van der Waals surface area contributed by atoms with E-state index in [4.69, 9.17) is 4.74 Å². The summed E-state index contributed by atoms with van der Waals surface area (Å²) in [4.78, 5) is 22.2. The first-order valence-electron chi connectivity index (χ1n) is 5.50. The van der Waals surface area contributed by atoms with Crippen molar-refractivity contribution >= 4 is 17.9 Å². The van der Waals surface area contributed by atoms with Gasteiger partial charge in [-0.3, -0.25) is 0 Å². The van der Waals surface area contributed by atoms with Crippen molar-refractivity contribution < 1.29 is 14.3 Å². The lowest BCUT2D eigenvalue weighted by Crippen LogP contribution is -2.37. The van der Waals surface area contributed by atoms with Crippen LogP contribution in [0.3, 0.4) is 0 Å². The van der Waals surface area contributed by atoms with Gasteiger partial charge in [0.05, 0.1) is 12.2 Å². The Balaban J connectivity index is 2.40. The van der Waals surface area contributed by atoms with Crippen LogP contribution in [0, 0.1) is 0 Å². The summed E-state index contributed by atoms with van der Waals surface area (Å²) >= 11 is 0. The Bertz CT molecular complexity index is 565. The smallest absolute Gasteiger partial charge is 0.338 e. The van der Waals surface area contributed by atoms with Crippen LogP contribution in [0.5, 0.6) is 0 Å². The molecule has 1 aliphatic heterocycles. The van der Waals surface area contributed by atoms with Crippen molar-refractivity contribution in [3.8, 4) is 0 Å². The number of hydrazone groups is 2. The lowest BCUT2D eigenvalue weighted by molar-refractivity contribution is 0.0526. The number of carbonyl (C=O) groups excluding carboxylic acids is 2. The average Bonchev–Trinajstić information content (AvgIpc) is 2.87. The van der Waals surface area contributed by atoms with E-state index in [1.54, 1.807) is 31.2 Å². The maximum atomic E-state index is 11.8. The second-order valence-corrected chi connectivity index (χ2v) is 3.43. The van der Waals surface area contributed by atoms with E-state index < -0.39 is 5.97 Å². The van der Waals surface area contributed by atoms with E-state index in [-0.39, 0.29) is 12.4 Å². The summed E-state index contributed by atoms with van der Waals surface area (Å²) in [6.07, 6.45) is 1.38. The number of benzene rings is 1. The molecule has 1 heterocycles. The summed E-state index contributed by atoms with van der Waals surface area (Å²) in [6.45, 7) is 1.99. The van der Waals surface area contributed by atoms with Gasteiger partial charge in [-0.05, 0) is 13.0 Å². The van der Waals surface area contributed by atoms with Gasteiger partial charge < -0.3 is 4.74 Å². The van der Waals surface area contributed by atoms with E-state index in [1.807, 2.05) is 0 Å². The van der Waals surface area contributed by atoms with E-state index in [0.29, 0.717) is 11.1 Å². The third-order valence-corrected chi connectivity index (χ3v) is 2.32. The van der Waals surface area contributed by atoms with E-state index in [0.717, 1.165) is 5.12 Å². The Kier molecular flexibility index (Phi) is 3.87. The van der Waals surface area contributed by atoms with E-state index in [9.17, 15) is 9.59 Å². The van der Waals surface area contributed by atoms with Crippen molar-refractivity contribution in [2.24, 2.45) is 10.2 Å². The molecule has 0 saturated heterocycles. The van der Waals surface area contributed by atoms with Crippen molar-refractivity contribution in [3.05, 3.63) is 35.4 Å². The van der Waals surface area contributed by atoms with E-state index in [2.05, 4.69) is 21.3 Å². The Morgan fingerprint density at radius 2 is 2.32 bits per heavy atom. The Morgan fingerprint density at radius 1 is 1.53 bits per heavy atom. The molecule has 0 saturated carbocycles. The largest absolute Gasteiger partial charge is 0.462 e. The summed E-state index contributed by atoms with van der Waals surface area (Å²) < 4.78 is 4.96. The highest BCUT2D eigenvalue weighted by atomic mass is 16.5. The molecule has 0 amide bonds. The van der Waals surface area contributed by atoms with Crippen LogP contribution in [-0.4, -0.2) is 29.6 Å². The number of rotatable bonds is 4. The highest BCUT2D eigenvalue weighted by Gasteiger charge is 2.24. The molecular formula is C11H11N5O3. The van der Waals surface area contributed by atoms with Gasteiger partial charge in [0.25, 0.3) is 6.08 Å². The first-order valence-corrected chi connectivity index (χ1v) is 5.50. The minimum atomic E-state index is -0.470. The Hall–Kier alpha value is -2.70. The van der Waals surface area contributed by atoms with Crippen molar-refractivity contribution in [1.29, 1.82) is 0 Å². The number of esters is 1. The fourth-order valence-electron chi connectivity index (χ4n) is 1.58. The quantitative estimate of drug-likeness (QED) is 0.453. The van der Waals surface area contributed by atoms with Crippen molar-refractivity contribution in [2.45, 2.75) is 6.92 Å². The third-order valence-electron chi connectivity index (χ3n) is 2.32. The SMILES string of the molecule is CCOC(=O)c1ccccc1C1=NNNN1N=C=O. The van der Waals surface area contributed by atoms with Gasteiger partial charge in [0.1, 0.15) is 0 Å². The highest BCUT2D eigenvalue weighted by molar-refractivity contribution is 6.07. The number of nitrogens with one attached hydrogen (secondary N) is 2. The molecule has 8 heteroatoms. The number of carbonyl (C=O) groups is 1. The molecular weight excluding hydrogens is 250 g/mol. The maximum Gasteiger partial charge on any atom is 0.338 e. The summed E-state index contributed by atoms with van der Waals surface area (Å²) in [5.74, 6) is -0.199. The topological polar surface area (TPSA) is 95.4 Å². The number of ether oxygens (including phenoxy) is 1. The second kappa shape index (κ2) is 5.76. The summed E-state index contributed by atoms with van der Waals surface area (Å²) in [5.41, 5.74) is 5.76. The number of amidine groups is 1. The predicted octanol–water partition coefficient (Wildman–Crippen LogP) is 0.100. The van der Waals surface area contributed by atoms with Crippen LogP contribution >= 0.6 is 0 Å². The molecule has 0 spiro atoms. The molecule has 1 aromatic carbocycles. The normalized spacial score (nSPS) is 13.3. The van der Waals surface area contributed by atoms with E-state index in [1.165, 1.54) is 6.08 Å². The van der Waals surface area contributed by atoms with Gasteiger partial charge in [0.2, 0.25) is 0 Å². The molecule has 1 aliphatic rings. The van der Waals surface area contributed by atoms with Crippen LogP contribution in [0.25, 0.3) is 0 Å². The molecule has 0 unspecified atom stereocenters. The molecule has 0 bridgehead atoms. The van der Waals surface area contributed by atoms with Gasteiger partial charge in [-0.1, -0.05) is 23.3 Å². The fraction of sp³-hybridized carbons (Fsp3) is 0.182. The van der Waals surface area contributed by atoms with Gasteiger partial charge in [-0.2, -0.15) is 0 Å². The molecule has 19 heavy (non-hydrogen) atoms. The van der Waals surface area contributed by atoms with Gasteiger partial charge in [0.15, 0.2) is 5.84 Å². The molecule has 0 aromatic heterocycles. The molecule has 1 aromatic rings. The van der Waals surface area contributed by atoms with Crippen molar-refractivity contribution in [1.82, 2.24) is 16.2 Å². The molecule has 2 N–H and O–H groups in total. The summed E-state index contributed by atoms with van der Waals surface area (Å²) in [5, 5.41) is 8.38. The van der Waals surface area contributed by atoms with Gasteiger partial charge in [-0.25, -0.2) is 15.1 Å². The zero-order valence-electron chi connectivity index (χ0n) is 10.1. The molecule has 8 nitrogen and oxygen atoms in total. The van der Waals surface area contributed by atoms with E-state index >= 15 is 0 Å². The zero-order chi connectivity index (χ0) is 13.7. The summed E-state index contributed by atoms with van der Waals surface area (Å²) in [6, 6.07) is 6.73. The lowest BCUT2D eigenvalue weighted by atomic mass is 10.1. The Morgan fingerprint density at radius 3 is 3.05 bits per heavy atom. The summed E-state index contributed by atoms with van der Waals surface area (Å²) in [7, 11) is 0. The molecule has 98 valence electrons. The number of hydrazine groups is 2. The molecule has 2 rings (SSSR count). The third kappa shape index (κ3) is 2.59. The standard InChI is InChI=1S/C11H11N5O3/c1-2-19-11(18)9-6-4-3-5-8(9)10-13-14-15-16(10)12-7-17/h3-6,14-15H,2H2,1H3. The number of isocyanates is 1. The second-order valence-electron chi connectivity index (χ2n) is 3.43. The van der Waals surface area contributed by atoms with Crippen molar-refractivity contribution in [3.63, 3.8) is 0 Å². The first kappa shape index (κ1) is 12.7. The van der Waals surface area contributed by atoms with Crippen LogP contribution in [-0.2, 0) is 9.53 Å². The van der Waals surface area contributed by atoms with Crippen LogP contribution in [0.15, 0.2) is 34.5 Å². The molecule has 0 aliphatic carbocycles. The first-order chi connectivity index (χ1) is 9.27. The molecule has 0 atom stereocenters. The average molecular weight is 261 g/mol. The minimum Gasteiger partial charge on any atom is -0.462 e. The van der Waals surface area contributed by atoms with Crippen LogP contribution in [0.4, 0.5) is 0 Å². The Labute approximate surface area is 108 Å². The van der Waals surface area contributed by atoms with Gasteiger partial charge in [0, 0.05) is 5.56 Å². The molecule has 0 radical (unpaired) electrons. The van der Waals surface area contributed by atoms with Crippen LogP contribution in [0.1, 0.15) is 22.8 Å². The highest BCUT2D eigenvalue weighted by Crippen LogP contribution is 2.14. The monoisotopic (exact) mass is 261 g/mol. The number of hydrogen-bond acceptors (Lipinski definition) is 8. The maximum absolute atomic E-state index is 11.8. The van der Waals surface area contributed by atoms with Gasteiger partial charge >= 0.3 is 5.97 Å². The molecule has 0 fully saturated rings. The zero-order valence-corrected chi connectivity index (χ0v) is 10.1. The van der Waals surface area contributed by atoms with Crippen molar-refractivity contribution in [2.75, 3.05) is 6.61 Å². The predicted molar refractivity (Wildman–Crippen MR) is 65.2 cm³/mol.